The molecule has 0 saturated heterocycles. The van der Waals surface area contributed by atoms with Crippen LogP contribution in [0.5, 0.6) is 5.75 Å². The molecule has 0 spiro atoms. The molecule has 0 radical (unpaired) electrons. The van der Waals surface area contributed by atoms with Crippen LogP contribution in [0.25, 0.3) is 11.0 Å². The van der Waals surface area contributed by atoms with Gasteiger partial charge in [-0.25, -0.2) is 4.98 Å². The number of nitrogens with zero attached hydrogens (tertiary/aromatic N) is 3. The highest BCUT2D eigenvalue weighted by Gasteiger charge is 2.23. The molecule has 0 bridgehead atoms. The zero-order valence-electron chi connectivity index (χ0n) is 12.4. The zero-order valence-corrected chi connectivity index (χ0v) is 15.4. The Labute approximate surface area is 140 Å². The average molecular weight is 423 g/mol. The SMILES string of the molecule is CC.CCCOc1c([N+](=O)[O-])cnc2c1c(C)cn2SI. The van der Waals surface area contributed by atoms with E-state index in [1.807, 2.05) is 37.9 Å². The van der Waals surface area contributed by atoms with Crippen LogP contribution in [-0.2, 0) is 0 Å². The van der Waals surface area contributed by atoms with Crippen LogP contribution in [0.1, 0.15) is 32.8 Å². The van der Waals surface area contributed by atoms with E-state index in [1.165, 1.54) is 15.3 Å². The van der Waals surface area contributed by atoms with Gasteiger partial charge >= 0.3 is 5.69 Å². The van der Waals surface area contributed by atoms with Crippen molar-refractivity contribution in [2.24, 2.45) is 0 Å². The van der Waals surface area contributed by atoms with Crippen molar-refractivity contribution in [2.75, 3.05) is 6.61 Å². The summed E-state index contributed by atoms with van der Waals surface area (Å²) in [6, 6.07) is 0. The van der Waals surface area contributed by atoms with E-state index in [1.54, 1.807) is 0 Å². The molecule has 0 unspecified atom stereocenters. The van der Waals surface area contributed by atoms with Crippen LogP contribution in [0.4, 0.5) is 5.69 Å². The van der Waals surface area contributed by atoms with E-state index in [0.717, 1.165) is 12.0 Å². The number of nitro groups is 1. The van der Waals surface area contributed by atoms with Crippen LogP contribution in [0, 0.1) is 17.0 Å². The molecule has 6 nitrogen and oxygen atoms in total. The maximum Gasteiger partial charge on any atom is 0.329 e. The standard InChI is InChI=1S/C11H12IN3O3S.C2H6/c1-3-4-18-10-8(15(16)17)5-13-11-9(10)7(2)6-14(11)19-12;1-2/h5-6H,3-4H2,1-2H3;1-2H3. The van der Waals surface area contributed by atoms with Gasteiger partial charge in [-0.1, -0.05) is 20.8 Å². The molecule has 0 fully saturated rings. The molecule has 116 valence electrons. The first-order valence-electron chi connectivity index (χ1n) is 6.67. The van der Waals surface area contributed by atoms with E-state index in [-0.39, 0.29) is 5.69 Å². The summed E-state index contributed by atoms with van der Waals surface area (Å²) in [6.07, 6.45) is 3.95. The maximum atomic E-state index is 11.1. The number of hydrogen-bond donors (Lipinski definition) is 0. The van der Waals surface area contributed by atoms with Gasteiger partial charge in [-0.2, -0.15) is 0 Å². The van der Waals surface area contributed by atoms with Gasteiger partial charge in [-0.3, -0.25) is 14.1 Å². The topological polar surface area (TPSA) is 70.2 Å². The lowest BCUT2D eigenvalue weighted by atomic mass is 10.2. The predicted molar refractivity (Wildman–Crippen MR) is 95.3 cm³/mol. The van der Waals surface area contributed by atoms with Crippen molar-refractivity contribution < 1.29 is 9.66 Å². The maximum absolute atomic E-state index is 11.1. The van der Waals surface area contributed by atoms with Crippen LogP contribution in [-0.4, -0.2) is 20.5 Å². The van der Waals surface area contributed by atoms with Gasteiger partial charge in [-0.05, 0) is 18.9 Å². The van der Waals surface area contributed by atoms with Gasteiger partial charge in [0.05, 0.1) is 16.9 Å². The van der Waals surface area contributed by atoms with Gasteiger partial charge in [-0.15, -0.1) is 0 Å². The van der Waals surface area contributed by atoms with Crippen molar-refractivity contribution in [2.45, 2.75) is 34.1 Å². The summed E-state index contributed by atoms with van der Waals surface area (Å²) in [4.78, 5) is 14.8. The molecule has 0 aliphatic rings. The number of fused-ring (bicyclic) bond motifs is 1. The highest BCUT2D eigenvalue weighted by molar-refractivity contribution is 14.2. The Balaban J connectivity index is 0.00000106. The minimum atomic E-state index is -0.453. The molecule has 0 amide bonds. The lowest BCUT2D eigenvalue weighted by Gasteiger charge is -2.07. The quantitative estimate of drug-likeness (QED) is 0.388. The fraction of sp³-hybridized carbons (Fsp3) is 0.462. The van der Waals surface area contributed by atoms with Crippen molar-refractivity contribution >= 4 is 47.0 Å². The van der Waals surface area contributed by atoms with Crippen LogP contribution in [0.15, 0.2) is 12.4 Å². The first-order chi connectivity index (χ1) is 10.1. The second-order valence-corrected chi connectivity index (χ2v) is 5.70. The smallest absolute Gasteiger partial charge is 0.329 e. The minimum absolute atomic E-state index is 0.0831. The van der Waals surface area contributed by atoms with Gasteiger partial charge < -0.3 is 4.74 Å². The zero-order chi connectivity index (χ0) is 16.0. The highest BCUT2D eigenvalue weighted by Crippen LogP contribution is 2.38. The normalized spacial score (nSPS) is 10.1. The van der Waals surface area contributed by atoms with Crippen LogP contribution in [0.3, 0.4) is 0 Å². The number of halogens is 1. The largest absolute Gasteiger partial charge is 0.486 e. The second-order valence-electron chi connectivity index (χ2n) is 3.98. The summed E-state index contributed by atoms with van der Waals surface area (Å²) >= 11 is 2.14. The molecule has 0 N–H and O–H groups in total. The first kappa shape index (κ1) is 18.0. The Morgan fingerprint density at radius 1 is 1.52 bits per heavy atom. The van der Waals surface area contributed by atoms with Crippen molar-refractivity contribution in [1.29, 1.82) is 0 Å². The molecular formula is C13H18IN3O3S. The van der Waals surface area contributed by atoms with Gasteiger partial charge in [0.2, 0.25) is 5.75 Å². The molecule has 0 aromatic carbocycles. The summed E-state index contributed by atoms with van der Waals surface area (Å²) in [7, 11) is 1.46. The molecule has 8 heteroatoms. The van der Waals surface area contributed by atoms with E-state index in [2.05, 4.69) is 26.2 Å². The molecule has 2 rings (SSSR count). The van der Waals surface area contributed by atoms with Crippen LogP contribution >= 0.6 is 30.3 Å². The number of rotatable bonds is 5. The summed E-state index contributed by atoms with van der Waals surface area (Å²) in [5.41, 5.74) is 1.52. The average Bonchev–Trinajstić information content (AvgIpc) is 2.83. The molecule has 0 saturated carbocycles. The highest BCUT2D eigenvalue weighted by atomic mass is 127. The summed E-state index contributed by atoms with van der Waals surface area (Å²) in [5, 5.41) is 11.8. The Hall–Kier alpha value is -1.03. The molecule has 0 atom stereocenters. The summed E-state index contributed by atoms with van der Waals surface area (Å²) in [5.74, 6) is 0.318. The molecule has 2 heterocycles. The summed E-state index contributed by atoms with van der Waals surface area (Å²) in [6.45, 7) is 8.31. The number of ether oxygens (including phenoxy) is 1. The van der Waals surface area contributed by atoms with E-state index < -0.39 is 4.92 Å². The lowest BCUT2D eigenvalue weighted by molar-refractivity contribution is -0.386. The van der Waals surface area contributed by atoms with E-state index >= 15 is 0 Å². The molecule has 0 aliphatic heterocycles. The Kier molecular flexibility index (Phi) is 7.23. The van der Waals surface area contributed by atoms with Gasteiger partial charge in [0, 0.05) is 36.5 Å². The third-order valence-electron chi connectivity index (χ3n) is 2.63. The van der Waals surface area contributed by atoms with E-state index in [4.69, 9.17) is 4.74 Å². The second kappa shape index (κ2) is 8.42. The van der Waals surface area contributed by atoms with Crippen LogP contribution in [0.2, 0.25) is 0 Å². The summed E-state index contributed by atoms with van der Waals surface area (Å²) < 4.78 is 7.46. The third-order valence-corrected chi connectivity index (χ3v) is 4.33. The number of pyridine rings is 1. The Morgan fingerprint density at radius 2 is 2.19 bits per heavy atom. The van der Waals surface area contributed by atoms with Crippen molar-refractivity contribution in [3.05, 3.63) is 28.1 Å². The van der Waals surface area contributed by atoms with Crippen molar-refractivity contribution in [3.63, 3.8) is 0 Å². The molecule has 2 aromatic heterocycles. The van der Waals surface area contributed by atoms with E-state index in [9.17, 15) is 10.1 Å². The number of hydrogen-bond acceptors (Lipinski definition) is 5. The number of aryl methyl sites for hydroxylation is 1. The molecular weight excluding hydrogens is 405 g/mol. The third kappa shape index (κ3) is 3.79. The van der Waals surface area contributed by atoms with Gasteiger partial charge in [0.25, 0.3) is 0 Å². The van der Waals surface area contributed by atoms with Crippen LogP contribution < -0.4 is 4.74 Å². The first-order valence-corrected chi connectivity index (χ1v) is 9.98. The van der Waals surface area contributed by atoms with Gasteiger partial charge in [0.1, 0.15) is 6.20 Å². The Morgan fingerprint density at radius 3 is 2.71 bits per heavy atom. The monoisotopic (exact) mass is 423 g/mol. The molecule has 21 heavy (non-hydrogen) atoms. The lowest BCUT2D eigenvalue weighted by Crippen LogP contribution is -2.01. The van der Waals surface area contributed by atoms with Crippen molar-refractivity contribution in [3.8, 4) is 5.75 Å². The fourth-order valence-electron chi connectivity index (χ4n) is 1.83. The molecule has 2 aromatic rings. The van der Waals surface area contributed by atoms with Gasteiger partial charge in [0.15, 0.2) is 5.65 Å². The van der Waals surface area contributed by atoms with E-state index in [0.29, 0.717) is 23.4 Å². The fourth-order valence-corrected chi connectivity index (χ4v) is 3.13. The van der Waals surface area contributed by atoms with Crippen molar-refractivity contribution in [1.82, 2.24) is 8.96 Å². The predicted octanol–water partition coefficient (Wildman–Crippen LogP) is 4.91. The number of aromatic nitrogens is 2. The minimum Gasteiger partial charge on any atom is -0.486 e. The molecule has 0 aliphatic carbocycles. The Bertz CT molecular complexity index is 631.